The summed E-state index contributed by atoms with van der Waals surface area (Å²) in [5.74, 6) is 0.0849. The van der Waals surface area contributed by atoms with Crippen molar-refractivity contribution < 1.29 is 27.4 Å². The lowest BCUT2D eigenvalue weighted by Gasteiger charge is -2.24. The number of sulfonamides is 1. The van der Waals surface area contributed by atoms with Crippen molar-refractivity contribution >= 4 is 37.6 Å². The van der Waals surface area contributed by atoms with Gasteiger partial charge in [-0.3, -0.25) is 9.10 Å². The maximum atomic E-state index is 13.1. The van der Waals surface area contributed by atoms with Crippen LogP contribution in [0, 0.1) is 0 Å². The van der Waals surface area contributed by atoms with Crippen molar-refractivity contribution in [2.45, 2.75) is 4.90 Å². The summed E-state index contributed by atoms with van der Waals surface area (Å²) in [5, 5.41) is 0. The van der Waals surface area contributed by atoms with Gasteiger partial charge in [0.2, 0.25) is 0 Å². The minimum Gasteiger partial charge on any atom is -0.493 e. The van der Waals surface area contributed by atoms with Crippen molar-refractivity contribution in [3.05, 3.63) is 46.9 Å². The van der Waals surface area contributed by atoms with E-state index < -0.39 is 22.5 Å². The van der Waals surface area contributed by atoms with Crippen LogP contribution in [0.4, 0.5) is 5.69 Å². The van der Waals surface area contributed by atoms with Crippen molar-refractivity contribution in [2.75, 3.05) is 32.2 Å². The molecular formula is C17H18BrNO6S. The van der Waals surface area contributed by atoms with Gasteiger partial charge in [-0.15, -0.1) is 0 Å². The van der Waals surface area contributed by atoms with Gasteiger partial charge in [0.25, 0.3) is 10.0 Å². The SMILES string of the molecule is COC(=O)CN(c1ccc(OC)c(OC)c1)S(=O)(=O)c1ccc(Br)cc1. The minimum absolute atomic E-state index is 0.0411. The number of benzene rings is 2. The van der Waals surface area contributed by atoms with Crippen LogP contribution in [0.15, 0.2) is 51.8 Å². The fraction of sp³-hybridized carbons (Fsp3) is 0.235. The molecule has 140 valence electrons. The van der Waals surface area contributed by atoms with Gasteiger partial charge in [-0.2, -0.15) is 0 Å². The molecule has 0 saturated carbocycles. The lowest BCUT2D eigenvalue weighted by molar-refractivity contribution is -0.138. The van der Waals surface area contributed by atoms with E-state index in [9.17, 15) is 13.2 Å². The second-order valence-corrected chi connectivity index (χ2v) is 7.86. The zero-order chi connectivity index (χ0) is 19.3. The van der Waals surface area contributed by atoms with Crippen LogP contribution in [0.5, 0.6) is 11.5 Å². The molecule has 0 aliphatic carbocycles. The van der Waals surface area contributed by atoms with E-state index in [1.165, 1.54) is 45.6 Å². The molecule has 0 amide bonds. The number of ether oxygens (including phenoxy) is 3. The number of hydrogen-bond acceptors (Lipinski definition) is 6. The summed E-state index contributed by atoms with van der Waals surface area (Å²) < 4.78 is 42.9. The van der Waals surface area contributed by atoms with E-state index >= 15 is 0 Å². The van der Waals surface area contributed by atoms with Gasteiger partial charge in [0, 0.05) is 10.5 Å². The first-order chi connectivity index (χ1) is 12.3. The molecule has 0 aliphatic heterocycles. The molecule has 2 rings (SSSR count). The Kier molecular flexibility index (Phi) is 6.49. The summed E-state index contributed by atoms with van der Waals surface area (Å²) in [4.78, 5) is 11.9. The minimum atomic E-state index is -4.01. The van der Waals surface area contributed by atoms with Gasteiger partial charge in [-0.05, 0) is 36.4 Å². The molecule has 2 aromatic carbocycles. The summed E-state index contributed by atoms with van der Waals surface area (Å²) in [5.41, 5.74) is 0.246. The van der Waals surface area contributed by atoms with E-state index in [1.807, 2.05) is 0 Å². The quantitative estimate of drug-likeness (QED) is 0.611. The Morgan fingerprint density at radius 3 is 2.15 bits per heavy atom. The van der Waals surface area contributed by atoms with E-state index in [4.69, 9.17) is 9.47 Å². The second-order valence-electron chi connectivity index (χ2n) is 5.08. The molecule has 0 unspecified atom stereocenters. The average molecular weight is 444 g/mol. The van der Waals surface area contributed by atoms with Gasteiger partial charge in [0.05, 0.1) is 31.9 Å². The van der Waals surface area contributed by atoms with Gasteiger partial charge >= 0.3 is 5.97 Å². The smallest absolute Gasteiger partial charge is 0.326 e. The zero-order valence-electron chi connectivity index (χ0n) is 14.4. The van der Waals surface area contributed by atoms with Crippen molar-refractivity contribution in [1.82, 2.24) is 0 Å². The van der Waals surface area contributed by atoms with Crippen molar-refractivity contribution in [3.8, 4) is 11.5 Å². The van der Waals surface area contributed by atoms with E-state index in [0.29, 0.717) is 11.5 Å². The largest absolute Gasteiger partial charge is 0.493 e. The Morgan fingerprint density at radius 2 is 1.62 bits per heavy atom. The summed E-state index contributed by atoms with van der Waals surface area (Å²) in [7, 11) is 0.105. The highest BCUT2D eigenvalue weighted by atomic mass is 79.9. The molecule has 0 aromatic heterocycles. The van der Waals surface area contributed by atoms with Crippen molar-refractivity contribution in [1.29, 1.82) is 0 Å². The van der Waals surface area contributed by atoms with Gasteiger partial charge < -0.3 is 14.2 Å². The number of hydrogen-bond donors (Lipinski definition) is 0. The monoisotopic (exact) mass is 443 g/mol. The highest BCUT2D eigenvalue weighted by Gasteiger charge is 2.28. The second kappa shape index (κ2) is 8.41. The Morgan fingerprint density at radius 1 is 1.00 bits per heavy atom. The first-order valence-corrected chi connectivity index (χ1v) is 9.64. The first-order valence-electron chi connectivity index (χ1n) is 7.40. The number of carbonyl (C=O) groups excluding carboxylic acids is 1. The number of rotatable bonds is 7. The molecule has 0 N–H and O–H groups in total. The zero-order valence-corrected chi connectivity index (χ0v) is 16.8. The Bertz CT molecular complexity index is 883. The summed E-state index contributed by atoms with van der Waals surface area (Å²) in [6, 6.07) is 10.7. The number of carbonyl (C=O) groups is 1. The van der Waals surface area contributed by atoms with Crippen molar-refractivity contribution in [2.24, 2.45) is 0 Å². The van der Waals surface area contributed by atoms with Crippen LogP contribution in [0.3, 0.4) is 0 Å². The standard InChI is InChI=1S/C17H18BrNO6S/c1-23-15-9-6-13(10-16(15)24-2)19(11-17(20)25-3)26(21,22)14-7-4-12(18)5-8-14/h4-10H,11H2,1-3H3. The van der Waals surface area contributed by atoms with E-state index in [2.05, 4.69) is 20.7 Å². The predicted octanol–water partition coefficient (Wildman–Crippen LogP) is 2.83. The summed E-state index contributed by atoms with van der Waals surface area (Å²) >= 11 is 3.27. The normalized spacial score (nSPS) is 10.9. The summed E-state index contributed by atoms with van der Waals surface area (Å²) in [6.45, 7) is -0.482. The maximum Gasteiger partial charge on any atom is 0.326 e. The number of nitrogens with zero attached hydrogens (tertiary/aromatic N) is 1. The molecule has 0 fully saturated rings. The lowest BCUT2D eigenvalue weighted by atomic mass is 10.2. The Hall–Kier alpha value is -2.26. The van der Waals surface area contributed by atoms with Crippen LogP contribution in [0.2, 0.25) is 0 Å². The molecule has 0 aliphatic rings. The molecule has 2 aromatic rings. The fourth-order valence-electron chi connectivity index (χ4n) is 2.21. The van der Waals surface area contributed by atoms with E-state index in [1.54, 1.807) is 18.2 Å². The highest BCUT2D eigenvalue weighted by Crippen LogP contribution is 2.33. The van der Waals surface area contributed by atoms with Crippen LogP contribution in [-0.4, -0.2) is 42.3 Å². The van der Waals surface area contributed by atoms with E-state index in [0.717, 1.165) is 8.78 Å². The average Bonchev–Trinajstić information content (AvgIpc) is 2.65. The van der Waals surface area contributed by atoms with Crippen LogP contribution in [-0.2, 0) is 19.6 Å². The van der Waals surface area contributed by atoms with Crippen LogP contribution in [0.1, 0.15) is 0 Å². The van der Waals surface area contributed by atoms with Gasteiger partial charge in [-0.1, -0.05) is 15.9 Å². The number of methoxy groups -OCH3 is 3. The third kappa shape index (κ3) is 4.28. The van der Waals surface area contributed by atoms with Crippen LogP contribution in [0.25, 0.3) is 0 Å². The molecule has 0 heterocycles. The van der Waals surface area contributed by atoms with Crippen LogP contribution < -0.4 is 13.8 Å². The topological polar surface area (TPSA) is 82.1 Å². The van der Waals surface area contributed by atoms with Crippen LogP contribution >= 0.6 is 15.9 Å². The molecule has 0 atom stereocenters. The Labute approximate surface area is 160 Å². The van der Waals surface area contributed by atoms with Gasteiger partial charge in [-0.25, -0.2) is 8.42 Å². The molecule has 9 heteroatoms. The lowest BCUT2D eigenvalue weighted by Crippen LogP contribution is -2.36. The number of halogens is 1. The molecule has 0 bridgehead atoms. The number of anilines is 1. The third-order valence-corrected chi connectivity index (χ3v) is 5.87. The molecule has 26 heavy (non-hydrogen) atoms. The third-order valence-electron chi connectivity index (χ3n) is 3.56. The predicted molar refractivity (Wildman–Crippen MR) is 100 cm³/mol. The maximum absolute atomic E-state index is 13.1. The van der Waals surface area contributed by atoms with Gasteiger partial charge in [0.15, 0.2) is 11.5 Å². The molecule has 0 saturated heterocycles. The summed E-state index contributed by atoms with van der Waals surface area (Å²) in [6.07, 6.45) is 0. The van der Waals surface area contributed by atoms with E-state index in [-0.39, 0.29) is 10.6 Å². The van der Waals surface area contributed by atoms with Crippen molar-refractivity contribution in [3.63, 3.8) is 0 Å². The fourth-order valence-corrected chi connectivity index (χ4v) is 3.88. The molecule has 0 spiro atoms. The van der Waals surface area contributed by atoms with Gasteiger partial charge in [0.1, 0.15) is 6.54 Å². The molecule has 0 radical (unpaired) electrons. The molecule has 7 nitrogen and oxygen atoms in total. The molecular weight excluding hydrogens is 426 g/mol. The Balaban J connectivity index is 2.56. The number of esters is 1. The first kappa shape index (κ1) is 20.1. The highest BCUT2D eigenvalue weighted by molar-refractivity contribution is 9.10.